The Morgan fingerprint density at radius 1 is 1.20 bits per heavy atom. The van der Waals surface area contributed by atoms with Gasteiger partial charge in [0.25, 0.3) is 0 Å². The number of carbonyl (C=O) groups is 2. The van der Waals surface area contributed by atoms with Crippen LogP contribution in [0.5, 0.6) is 0 Å². The summed E-state index contributed by atoms with van der Waals surface area (Å²) in [5, 5.41) is 12.2. The molecule has 0 aliphatic carbocycles. The van der Waals surface area contributed by atoms with Crippen LogP contribution in [0, 0.1) is 0 Å². The fraction of sp³-hybridized carbons (Fsp3) is 0.429. The van der Waals surface area contributed by atoms with Crippen molar-refractivity contribution in [1.29, 1.82) is 0 Å². The fourth-order valence-electron chi connectivity index (χ4n) is 1.60. The van der Waals surface area contributed by atoms with Gasteiger partial charge in [-0.25, -0.2) is 0 Å². The highest BCUT2D eigenvalue weighted by Crippen LogP contribution is 2.15. The minimum atomic E-state index is -0.959. The van der Waals surface area contributed by atoms with E-state index in [4.69, 9.17) is 16.7 Å². The van der Waals surface area contributed by atoms with Gasteiger partial charge in [-0.3, -0.25) is 14.5 Å². The number of hydrogen-bond acceptors (Lipinski definition) is 3. The molecule has 0 radical (unpaired) electrons. The summed E-state index contributed by atoms with van der Waals surface area (Å²) < 4.78 is 0. The van der Waals surface area contributed by atoms with Gasteiger partial charge in [-0.1, -0.05) is 11.6 Å². The summed E-state index contributed by atoms with van der Waals surface area (Å²) in [5.41, 5.74) is 0.221. The second-order valence-corrected chi connectivity index (χ2v) is 5.91. The van der Waals surface area contributed by atoms with Crippen molar-refractivity contribution in [3.05, 3.63) is 29.3 Å². The quantitative estimate of drug-likeness (QED) is 0.876. The number of rotatable bonds is 5. The number of hydrogen-bond donors (Lipinski definition) is 2. The molecule has 0 spiro atoms. The molecule has 0 fully saturated rings. The maximum Gasteiger partial charge on any atom is 0.317 e. The zero-order valence-corrected chi connectivity index (χ0v) is 12.6. The van der Waals surface area contributed by atoms with Crippen LogP contribution < -0.4 is 5.32 Å². The van der Waals surface area contributed by atoms with Crippen molar-refractivity contribution in [2.24, 2.45) is 0 Å². The lowest BCUT2D eigenvalue weighted by Gasteiger charge is -2.33. The molecule has 0 saturated carbocycles. The number of carboxylic acid groups (broad SMARTS) is 1. The van der Waals surface area contributed by atoms with E-state index in [0.717, 1.165) is 0 Å². The maximum atomic E-state index is 12.0. The number of halogens is 1. The molecule has 1 amide bonds. The summed E-state index contributed by atoms with van der Waals surface area (Å²) in [6, 6.07) is 6.74. The van der Waals surface area contributed by atoms with Crippen molar-refractivity contribution in [2.75, 3.05) is 18.4 Å². The Labute approximate surface area is 123 Å². The Bertz CT molecular complexity index is 480. The Kier molecular flexibility index (Phi) is 5.53. The van der Waals surface area contributed by atoms with Crippen molar-refractivity contribution in [2.45, 2.75) is 26.3 Å². The Morgan fingerprint density at radius 3 is 2.20 bits per heavy atom. The van der Waals surface area contributed by atoms with Gasteiger partial charge < -0.3 is 10.4 Å². The van der Waals surface area contributed by atoms with Gasteiger partial charge in [0.15, 0.2) is 0 Å². The number of nitrogens with zero attached hydrogens (tertiary/aromatic N) is 1. The van der Waals surface area contributed by atoms with Gasteiger partial charge in [0.2, 0.25) is 5.91 Å². The number of benzene rings is 1. The average Bonchev–Trinajstić information content (AvgIpc) is 2.29. The number of nitrogens with one attached hydrogen (secondary N) is 1. The zero-order valence-electron chi connectivity index (χ0n) is 11.8. The third kappa shape index (κ3) is 5.59. The van der Waals surface area contributed by atoms with Crippen LogP contribution >= 0.6 is 11.6 Å². The minimum Gasteiger partial charge on any atom is -0.480 e. The number of amides is 1. The maximum absolute atomic E-state index is 12.0. The van der Waals surface area contributed by atoms with Crippen LogP contribution in [0.15, 0.2) is 24.3 Å². The zero-order chi connectivity index (χ0) is 15.3. The molecule has 0 bridgehead atoms. The average molecular weight is 299 g/mol. The molecule has 5 nitrogen and oxygen atoms in total. The number of carboxylic acids is 1. The van der Waals surface area contributed by atoms with Crippen LogP contribution in [-0.4, -0.2) is 40.5 Å². The summed E-state index contributed by atoms with van der Waals surface area (Å²) in [7, 11) is 0. The van der Waals surface area contributed by atoms with Crippen LogP contribution in [0.2, 0.25) is 5.02 Å². The van der Waals surface area contributed by atoms with E-state index in [0.29, 0.717) is 10.7 Å². The van der Waals surface area contributed by atoms with Crippen molar-refractivity contribution < 1.29 is 14.7 Å². The molecular weight excluding hydrogens is 280 g/mol. The molecule has 20 heavy (non-hydrogen) atoms. The first kappa shape index (κ1) is 16.5. The molecule has 1 aromatic rings. The predicted octanol–water partition coefficient (Wildman–Crippen LogP) is 2.46. The Hall–Kier alpha value is -1.59. The van der Waals surface area contributed by atoms with Gasteiger partial charge in [0.05, 0.1) is 13.1 Å². The van der Waals surface area contributed by atoms with Gasteiger partial charge >= 0.3 is 5.97 Å². The summed E-state index contributed by atoms with van der Waals surface area (Å²) in [4.78, 5) is 24.4. The molecule has 0 aliphatic heterocycles. The second-order valence-electron chi connectivity index (χ2n) is 5.48. The van der Waals surface area contributed by atoms with Crippen molar-refractivity contribution in [1.82, 2.24) is 4.90 Å². The van der Waals surface area contributed by atoms with Crippen molar-refractivity contribution in [3.63, 3.8) is 0 Å². The molecule has 1 rings (SSSR count). The fourth-order valence-corrected chi connectivity index (χ4v) is 1.73. The van der Waals surface area contributed by atoms with E-state index in [1.807, 2.05) is 20.8 Å². The lowest BCUT2D eigenvalue weighted by Crippen LogP contribution is -2.48. The van der Waals surface area contributed by atoms with E-state index < -0.39 is 11.5 Å². The largest absolute Gasteiger partial charge is 0.480 e. The molecule has 0 aliphatic rings. The molecule has 0 heterocycles. The third-order valence-corrected chi connectivity index (χ3v) is 2.99. The van der Waals surface area contributed by atoms with E-state index in [1.54, 1.807) is 29.2 Å². The number of anilines is 1. The molecule has 0 aromatic heterocycles. The monoisotopic (exact) mass is 298 g/mol. The lowest BCUT2D eigenvalue weighted by atomic mass is 10.1. The lowest BCUT2D eigenvalue weighted by molar-refractivity contribution is -0.140. The summed E-state index contributed by atoms with van der Waals surface area (Å²) >= 11 is 5.76. The summed E-state index contributed by atoms with van der Waals surface area (Å²) in [6.45, 7) is 5.43. The first-order chi connectivity index (χ1) is 9.18. The van der Waals surface area contributed by atoms with E-state index in [9.17, 15) is 9.59 Å². The van der Waals surface area contributed by atoms with E-state index in [2.05, 4.69) is 5.32 Å². The van der Waals surface area contributed by atoms with Crippen molar-refractivity contribution in [3.8, 4) is 0 Å². The van der Waals surface area contributed by atoms with Crippen LogP contribution in [0.4, 0.5) is 5.69 Å². The van der Waals surface area contributed by atoms with Crippen LogP contribution in [0.1, 0.15) is 20.8 Å². The van der Waals surface area contributed by atoms with Gasteiger partial charge in [0, 0.05) is 16.2 Å². The molecule has 110 valence electrons. The SMILES string of the molecule is CC(C)(C)N(CC(=O)O)CC(=O)Nc1ccc(Cl)cc1. The molecule has 0 atom stereocenters. The predicted molar refractivity (Wildman–Crippen MR) is 79.0 cm³/mol. The van der Waals surface area contributed by atoms with Crippen LogP contribution in [0.3, 0.4) is 0 Å². The third-order valence-electron chi connectivity index (χ3n) is 2.74. The number of aliphatic carboxylic acids is 1. The van der Waals surface area contributed by atoms with E-state index in [-0.39, 0.29) is 19.0 Å². The van der Waals surface area contributed by atoms with Gasteiger partial charge in [-0.15, -0.1) is 0 Å². The Morgan fingerprint density at radius 2 is 1.75 bits per heavy atom. The van der Waals surface area contributed by atoms with Crippen molar-refractivity contribution >= 4 is 29.2 Å². The molecule has 0 saturated heterocycles. The second kappa shape index (κ2) is 6.72. The van der Waals surface area contributed by atoms with Gasteiger partial charge in [-0.05, 0) is 45.0 Å². The van der Waals surface area contributed by atoms with Crippen LogP contribution in [-0.2, 0) is 9.59 Å². The topological polar surface area (TPSA) is 69.6 Å². The number of carbonyl (C=O) groups excluding carboxylic acids is 1. The summed E-state index contributed by atoms with van der Waals surface area (Å²) in [5.74, 6) is -1.22. The standard InChI is InChI=1S/C14H19ClN2O3/c1-14(2,3)17(9-13(19)20)8-12(18)16-11-6-4-10(15)5-7-11/h4-7H,8-9H2,1-3H3,(H,16,18)(H,19,20). The minimum absolute atomic E-state index is 0.0123. The van der Waals surface area contributed by atoms with Gasteiger partial charge in [-0.2, -0.15) is 0 Å². The molecular formula is C14H19ClN2O3. The first-order valence-electron chi connectivity index (χ1n) is 6.21. The highest BCUT2D eigenvalue weighted by Gasteiger charge is 2.25. The Balaban J connectivity index is 2.66. The molecule has 1 aromatic carbocycles. The van der Waals surface area contributed by atoms with E-state index in [1.165, 1.54) is 0 Å². The normalized spacial score (nSPS) is 11.4. The van der Waals surface area contributed by atoms with E-state index >= 15 is 0 Å². The van der Waals surface area contributed by atoms with Crippen LogP contribution in [0.25, 0.3) is 0 Å². The summed E-state index contributed by atoms with van der Waals surface area (Å²) in [6.07, 6.45) is 0. The smallest absolute Gasteiger partial charge is 0.317 e. The first-order valence-corrected chi connectivity index (χ1v) is 6.58. The molecule has 6 heteroatoms. The molecule has 0 unspecified atom stereocenters. The highest BCUT2D eigenvalue weighted by molar-refractivity contribution is 6.30. The van der Waals surface area contributed by atoms with Gasteiger partial charge in [0.1, 0.15) is 0 Å². The highest BCUT2D eigenvalue weighted by atomic mass is 35.5. The molecule has 2 N–H and O–H groups in total.